The number of nitrogens with zero attached hydrogens (tertiary/aromatic N) is 1. The topological polar surface area (TPSA) is 58.6 Å². The fourth-order valence-corrected chi connectivity index (χ4v) is 3.16. The molecule has 2 atom stereocenters. The molecule has 0 radical (unpaired) electrons. The van der Waals surface area contributed by atoms with Gasteiger partial charge in [-0.25, -0.2) is 0 Å². The summed E-state index contributed by atoms with van der Waals surface area (Å²) in [4.78, 5) is 27.4. The highest BCUT2D eigenvalue weighted by Crippen LogP contribution is 2.22. The predicted octanol–water partition coefficient (Wildman–Crippen LogP) is 4.67. The van der Waals surface area contributed by atoms with Crippen molar-refractivity contribution in [3.05, 3.63) is 64.2 Å². The van der Waals surface area contributed by atoms with E-state index in [0.717, 1.165) is 23.1 Å². The molecule has 2 aromatic carbocycles. The van der Waals surface area contributed by atoms with Crippen molar-refractivity contribution in [3.63, 3.8) is 0 Å². The number of ether oxygens (including phenoxy) is 1. The van der Waals surface area contributed by atoms with E-state index in [-0.39, 0.29) is 31.0 Å². The molecule has 6 heteroatoms. The zero-order valence-corrected chi connectivity index (χ0v) is 19.1. The first kappa shape index (κ1) is 23.7. The number of rotatable bonds is 9. The van der Waals surface area contributed by atoms with Crippen molar-refractivity contribution in [2.24, 2.45) is 0 Å². The second-order valence-corrected chi connectivity index (χ2v) is 8.00. The molecule has 0 saturated heterocycles. The Kier molecular flexibility index (Phi) is 8.72. The monoisotopic (exact) mass is 430 g/mol. The molecular formula is C24H31ClN2O3. The fraction of sp³-hybridized carbons (Fsp3) is 0.417. The Labute approximate surface area is 184 Å². The van der Waals surface area contributed by atoms with Gasteiger partial charge in [0.25, 0.3) is 5.91 Å². The molecule has 0 saturated carbocycles. The van der Waals surface area contributed by atoms with Gasteiger partial charge in [0, 0.05) is 17.6 Å². The SMILES string of the molecule is CCC(C)NC(=O)C(C)N(Cc1ccccc1Cl)C(=O)COc1cccc(C)c1C. The van der Waals surface area contributed by atoms with Crippen LogP contribution < -0.4 is 10.1 Å². The van der Waals surface area contributed by atoms with Gasteiger partial charge in [0.15, 0.2) is 6.61 Å². The summed E-state index contributed by atoms with van der Waals surface area (Å²) in [5, 5.41) is 3.50. The summed E-state index contributed by atoms with van der Waals surface area (Å²) in [5.74, 6) is 0.192. The van der Waals surface area contributed by atoms with Crippen molar-refractivity contribution < 1.29 is 14.3 Å². The van der Waals surface area contributed by atoms with Crippen LogP contribution in [0, 0.1) is 13.8 Å². The summed E-state index contributed by atoms with van der Waals surface area (Å²) < 4.78 is 5.80. The van der Waals surface area contributed by atoms with Crippen LogP contribution >= 0.6 is 11.6 Å². The van der Waals surface area contributed by atoms with Gasteiger partial charge in [-0.15, -0.1) is 0 Å². The van der Waals surface area contributed by atoms with Crippen LogP contribution in [0.4, 0.5) is 0 Å². The van der Waals surface area contributed by atoms with E-state index in [1.165, 1.54) is 4.90 Å². The molecule has 0 bridgehead atoms. The highest BCUT2D eigenvalue weighted by atomic mass is 35.5. The van der Waals surface area contributed by atoms with Gasteiger partial charge in [-0.05, 0) is 62.9 Å². The number of halogens is 1. The second-order valence-electron chi connectivity index (χ2n) is 7.59. The predicted molar refractivity (Wildman–Crippen MR) is 121 cm³/mol. The molecule has 0 aliphatic heterocycles. The Morgan fingerprint density at radius 1 is 1.10 bits per heavy atom. The van der Waals surface area contributed by atoms with E-state index in [1.54, 1.807) is 13.0 Å². The molecular weight excluding hydrogens is 400 g/mol. The number of aryl methyl sites for hydroxylation is 1. The maximum Gasteiger partial charge on any atom is 0.261 e. The van der Waals surface area contributed by atoms with Gasteiger partial charge in [0.05, 0.1) is 0 Å². The molecule has 0 spiro atoms. The number of hydrogen-bond acceptors (Lipinski definition) is 3. The van der Waals surface area contributed by atoms with Gasteiger partial charge >= 0.3 is 0 Å². The standard InChI is InChI=1S/C24H31ClN2O3/c1-6-17(3)26-24(29)19(5)27(14-20-11-7-8-12-21(20)25)23(28)15-30-22-13-9-10-16(2)18(22)4/h7-13,17,19H,6,14-15H2,1-5H3,(H,26,29). The van der Waals surface area contributed by atoms with Crippen molar-refractivity contribution >= 4 is 23.4 Å². The maximum atomic E-state index is 13.1. The Bertz CT molecular complexity index is 885. The van der Waals surface area contributed by atoms with Crippen molar-refractivity contribution in [1.29, 1.82) is 0 Å². The second kappa shape index (κ2) is 11.0. The first-order chi connectivity index (χ1) is 14.2. The van der Waals surface area contributed by atoms with E-state index in [4.69, 9.17) is 16.3 Å². The molecule has 2 aromatic rings. The van der Waals surface area contributed by atoms with E-state index in [0.29, 0.717) is 10.8 Å². The van der Waals surface area contributed by atoms with Gasteiger partial charge in [0.1, 0.15) is 11.8 Å². The number of carbonyl (C=O) groups excluding carboxylic acids is 2. The van der Waals surface area contributed by atoms with Gasteiger partial charge < -0.3 is 15.0 Å². The summed E-state index contributed by atoms with van der Waals surface area (Å²) >= 11 is 6.31. The molecule has 0 fully saturated rings. The number of carbonyl (C=O) groups is 2. The first-order valence-electron chi connectivity index (χ1n) is 10.3. The van der Waals surface area contributed by atoms with Crippen LogP contribution in [0.15, 0.2) is 42.5 Å². The quantitative estimate of drug-likeness (QED) is 0.629. The Balaban J connectivity index is 2.20. The number of hydrogen-bond donors (Lipinski definition) is 1. The van der Waals surface area contributed by atoms with E-state index in [1.807, 2.05) is 64.1 Å². The summed E-state index contributed by atoms with van der Waals surface area (Å²) in [7, 11) is 0. The van der Waals surface area contributed by atoms with Crippen molar-refractivity contribution in [1.82, 2.24) is 10.2 Å². The van der Waals surface area contributed by atoms with Crippen molar-refractivity contribution in [3.8, 4) is 5.75 Å². The molecule has 0 heterocycles. The Morgan fingerprint density at radius 2 is 1.80 bits per heavy atom. The van der Waals surface area contributed by atoms with Crippen LogP contribution in [0.25, 0.3) is 0 Å². The number of amides is 2. The molecule has 5 nitrogen and oxygen atoms in total. The van der Waals surface area contributed by atoms with Gasteiger partial charge in [-0.3, -0.25) is 9.59 Å². The molecule has 0 aliphatic carbocycles. The van der Waals surface area contributed by atoms with E-state index in [2.05, 4.69) is 5.32 Å². The van der Waals surface area contributed by atoms with Gasteiger partial charge in [-0.1, -0.05) is 48.9 Å². The highest BCUT2D eigenvalue weighted by molar-refractivity contribution is 6.31. The zero-order chi connectivity index (χ0) is 22.3. The molecule has 2 rings (SSSR count). The molecule has 2 unspecified atom stereocenters. The van der Waals surface area contributed by atoms with E-state index in [9.17, 15) is 9.59 Å². The smallest absolute Gasteiger partial charge is 0.261 e. The average Bonchev–Trinajstić information content (AvgIpc) is 2.73. The lowest BCUT2D eigenvalue weighted by Crippen LogP contribution is -2.50. The molecule has 1 N–H and O–H groups in total. The average molecular weight is 431 g/mol. The normalized spacial score (nSPS) is 12.7. The zero-order valence-electron chi connectivity index (χ0n) is 18.4. The van der Waals surface area contributed by atoms with Crippen LogP contribution in [0.5, 0.6) is 5.75 Å². The van der Waals surface area contributed by atoms with Gasteiger partial charge in [0.2, 0.25) is 5.91 Å². The summed E-state index contributed by atoms with van der Waals surface area (Å²) in [6.45, 7) is 9.69. The summed E-state index contributed by atoms with van der Waals surface area (Å²) in [6.07, 6.45) is 0.812. The van der Waals surface area contributed by atoms with Crippen LogP contribution in [0.1, 0.15) is 43.9 Å². The Morgan fingerprint density at radius 3 is 2.47 bits per heavy atom. The highest BCUT2D eigenvalue weighted by Gasteiger charge is 2.27. The lowest BCUT2D eigenvalue weighted by atomic mass is 10.1. The van der Waals surface area contributed by atoms with Gasteiger partial charge in [-0.2, -0.15) is 0 Å². The third kappa shape index (κ3) is 6.23. The lowest BCUT2D eigenvalue weighted by molar-refractivity contribution is -0.142. The maximum absolute atomic E-state index is 13.1. The molecule has 0 aliphatic rings. The number of benzene rings is 2. The lowest BCUT2D eigenvalue weighted by Gasteiger charge is -2.30. The molecule has 162 valence electrons. The number of nitrogens with one attached hydrogen (secondary N) is 1. The van der Waals surface area contributed by atoms with Crippen molar-refractivity contribution in [2.45, 2.75) is 59.7 Å². The largest absolute Gasteiger partial charge is 0.483 e. The third-order valence-electron chi connectivity index (χ3n) is 5.37. The van der Waals surface area contributed by atoms with Crippen LogP contribution in [-0.4, -0.2) is 35.4 Å². The molecule has 30 heavy (non-hydrogen) atoms. The Hall–Kier alpha value is -2.53. The molecule has 2 amide bonds. The first-order valence-corrected chi connectivity index (χ1v) is 10.6. The minimum Gasteiger partial charge on any atom is -0.483 e. The van der Waals surface area contributed by atoms with Crippen LogP contribution in [0.3, 0.4) is 0 Å². The minimum absolute atomic E-state index is 0.0309. The van der Waals surface area contributed by atoms with Crippen LogP contribution in [-0.2, 0) is 16.1 Å². The van der Waals surface area contributed by atoms with Crippen molar-refractivity contribution in [2.75, 3.05) is 6.61 Å². The van der Waals surface area contributed by atoms with Crippen LogP contribution in [0.2, 0.25) is 5.02 Å². The minimum atomic E-state index is -0.662. The molecule has 0 aromatic heterocycles. The fourth-order valence-electron chi connectivity index (χ4n) is 2.96. The third-order valence-corrected chi connectivity index (χ3v) is 5.74. The summed E-state index contributed by atoms with van der Waals surface area (Å²) in [6, 6.07) is 12.4. The van der Waals surface area contributed by atoms with E-state index < -0.39 is 6.04 Å². The van der Waals surface area contributed by atoms with E-state index >= 15 is 0 Å². The summed E-state index contributed by atoms with van der Waals surface area (Å²) in [5.41, 5.74) is 2.86.